The van der Waals surface area contributed by atoms with E-state index in [9.17, 15) is 20.2 Å². The van der Waals surface area contributed by atoms with Gasteiger partial charge in [-0.3, -0.25) is 14.9 Å². The van der Waals surface area contributed by atoms with Crippen molar-refractivity contribution >= 4 is 11.6 Å². The van der Waals surface area contributed by atoms with Gasteiger partial charge in [0.1, 0.15) is 6.04 Å². The number of hydrogen-bond donors (Lipinski definition) is 1. The third-order valence-corrected chi connectivity index (χ3v) is 7.09. The van der Waals surface area contributed by atoms with Crippen molar-refractivity contribution in [2.45, 2.75) is 62.4 Å². The van der Waals surface area contributed by atoms with Crippen LogP contribution in [-0.2, 0) is 10.2 Å². The first-order chi connectivity index (χ1) is 13.9. The van der Waals surface area contributed by atoms with E-state index in [1.165, 1.54) is 5.57 Å². The van der Waals surface area contributed by atoms with Crippen LogP contribution in [0.15, 0.2) is 35.9 Å². The largest absolute Gasteiger partial charge is 0.326 e. The Bertz CT molecular complexity index is 904. The molecule has 1 saturated carbocycles. The molecule has 7 heteroatoms. The minimum absolute atomic E-state index is 0.00112. The fourth-order valence-electron chi connectivity index (χ4n) is 5.52. The zero-order chi connectivity index (χ0) is 20.6. The van der Waals surface area contributed by atoms with E-state index in [2.05, 4.69) is 24.4 Å². The van der Waals surface area contributed by atoms with Gasteiger partial charge in [-0.25, -0.2) is 0 Å². The number of non-ortho nitro benzene ring substituents is 1. The fourth-order valence-corrected chi connectivity index (χ4v) is 5.52. The monoisotopic (exact) mass is 394 g/mol. The summed E-state index contributed by atoms with van der Waals surface area (Å²) in [6, 6.07) is 8.86. The highest BCUT2D eigenvalue weighted by molar-refractivity contribution is 5.79. The number of carbonyl (C=O) groups excluding carboxylic acids is 1. The van der Waals surface area contributed by atoms with Crippen LogP contribution in [0.1, 0.15) is 51.0 Å². The lowest BCUT2D eigenvalue weighted by Gasteiger charge is -2.37. The summed E-state index contributed by atoms with van der Waals surface area (Å²) in [5, 5.41) is 23.8. The summed E-state index contributed by atoms with van der Waals surface area (Å²) in [4.78, 5) is 25.0. The Morgan fingerprint density at radius 2 is 2.17 bits per heavy atom. The van der Waals surface area contributed by atoms with Gasteiger partial charge in [0.2, 0.25) is 5.91 Å². The Balaban J connectivity index is 1.49. The van der Waals surface area contributed by atoms with Gasteiger partial charge in [0, 0.05) is 29.6 Å². The molecule has 7 nitrogen and oxygen atoms in total. The molecule has 1 aromatic carbocycles. The van der Waals surface area contributed by atoms with Crippen LogP contribution in [0.4, 0.5) is 5.69 Å². The van der Waals surface area contributed by atoms with Crippen molar-refractivity contribution in [3.05, 3.63) is 51.6 Å². The van der Waals surface area contributed by atoms with E-state index in [1.807, 2.05) is 12.1 Å². The van der Waals surface area contributed by atoms with Gasteiger partial charge in [-0.1, -0.05) is 30.7 Å². The van der Waals surface area contributed by atoms with Crippen LogP contribution in [0.5, 0.6) is 0 Å². The van der Waals surface area contributed by atoms with Crippen LogP contribution >= 0.6 is 0 Å². The molecule has 4 rings (SSSR count). The Morgan fingerprint density at radius 1 is 1.41 bits per heavy atom. The highest BCUT2D eigenvalue weighted by Gasteiger charge is 2.54. The average Bonchev–Trinajstić information content (AvgIpc) is 3.45. The highest BCUT2D eigenvalue weighted by Crippen LogP contribution is 2.57. The number of nitrogens with one attached hydrogen (secondary N) is 1. The maximum Gasteiger partial charge on any atom is 0.269 e. The van der Waals surface area contributed by atoms with Crippen molar-refractivity contribution in [2.24, 2.45) is 0 Å². The summed E-state index contributed by atoms with van der Waals surface area (Å²) in [6.45, 7) is 3.07. The summed E-state index contributed by atoms with van der Waals surface area (Å²) >= 11 is 0. The third-order valence-electron chi connectivity index (χ3n) is 7.09. The van der Waals surface area contributed by atoms with Crippen LogP contribution in [0.25, 0.3) is 0 Å². The highest BCUT2D eigenvalue weighted by atomic mass is 16.6. The van der Waals surface area contributed by atoms with Gasteiger partial charge in [0.25, 0.3) is 5.69 Å². The first-order valence-corrected chi connectivity index (χ1v) is 10.3. The lowest BCUT2D eigenvalue weighted by molar-refractivity contribution is -0.384. The Morgan fingerprint density at radius 3 is 2.83 bits per heavy atom. The number of nitro benzene ring substituents is 1. The summed E-state index contributed by atoms with van der Waals surface area (Å²) in [5.74, 6) is 0.00112. The van der Waals surface area contributed by atoms with Gasteiger partial charge in [-0.2, -0.15) is 5.26 Å². The van der Waals surface area contributed by atoms with E-state index in [4.69, 9.17) is 0 Å². The summed E-state index contributed by atoms with van der Waals surface area (Å²) in [5.41, 5.74) is 2.30. The molecule has 1 heterocycles. The number of amides is 1. The molecule has 1 saturated heterocycles. The Hall–Kier alpha value is -2.72. The number of nitro groups is 1. The molecule has 2 fully saturated rings. The molecule has 1 N–H and O–H groups in total. The second kappa shape index (κ2) is 7.27. The Labute approximate surface area is 170 Å². The van der Waals surface area contributed by atoms with Gasteiger partial charge in [0.15, 0.2) is 0 Å². The number of likely N-dealkylation sites (tertiary alicyclic amines) is 1. The van der Waals surface area contributed by atoms with Crippen molar-refractivity contribution in [2.75, 3.05) is 13.1 Å². The molecular formula is C22H26N4O3. The second-order valence-corrected chi connectivity index (χ2v) is 8.53. The minimum atomic E-state index is -0.371. The van der Waals surface area contributed by atoms with E-state index in [0.717, 1.165) is 44.1 Å². The molecule has 3 unspecified atom stereocenters. The lowest BCUT2D eigenvalue weighted by atomic mass is 9.70. The molecule has 0 aromatic heterocycles. The zero-order valence-corrected chi connectivity index (χ0v) is 16.7. The van der Waals surface area contributed by atoms with Crippen LogP contribution < -0.4 is 5.32 Å². The molecule has 0 radical (unpaired) electrons. The molecule has 29 heavy (non-hydrogen) atoms. The van der Waals surface area contributed by atoms with Crippen LogP contribution in [-0.4, -0.2) is 40.4 Å². The molecule has 1 amide bonds. The predicted octanol–water partition coefficient (Wildman–Crippen LogP) is 3.21. The Kier molecular flexibility index (Phi) is 4.91. The first-order valence-electron chi connectivity index (χ1n) is 10.3. The quantitative estimate of drug-likeness (QED) is 0.454. The second-order valence-electron chi connectivity index (χ2n) is 8.53. The minimum Gasteiger partial charge on any atom is -0.326 e. The van der Waals surface area contributed by atoms with E-state index in [-0.39, 0.29) is 40.1 Å². The number of nitrogens with zero attached hydrogens (tertiary/aromatic N) is 3. The van der Waals surface area contributed by atoms with Crippen molar-refractivity contribution < 1.29 is 9.72 Å². The van der Waals surface area contributed by atoms with E-state index >= 15 is 0 Å². The molecule has 2 bridgehead atoms. The number of rotatable bonds is 6. The number of benzene rings is 1. The number of hydrogen-bond acceptors (Lipinski definition) is 5. The van der Waals surface area contributed by atoms with Crippen LogP contribution in [0.3, 0.4) is 0 Å². The summed E-state index contributed by atoms with van der Waals surface area (Å²) in [6.07, 6.45) is 7.52. The van der Waals surface area contributed by atoms with Crippen molar-refractivity contribution in [1.29, 1.82) is 5.26 Å². The molecule has 152 valence electrons. The van der Waals surface area contributed by atoms with Gasteiger partial charge in [-0.15, -0.1) is 0 Å². The van der Waals surface area contributed by atoms with E-state index in [1.54, 1.807) is 17.0 Å². The molecule has 2 aliphatic carbocycles. The average molecular weight is 394 g/mol. The molecule has 1 aromatic rings. The van der Waals surface area contributed by atoms with Crippen molar-refractivity contribution in [1.82, 2.24) is 10.2 Å². The summed E-state index contributed by atoms with van der Waals surface area (Å²) in [7, 11) is 0. The third kappa shape index (κ3) is 3.22. The molecular weight excluding hydrogens is 368 g/mol. The van der Waals surface area contributed by atoms with Gasteiger partial charge in [0.05, 0.1) is 17.5 Å². The maximum atomic E-state index is 12.7. The van der Waals surface area contributed by atoms with Crippen molar-refractivity contribution in [3.8, 4) is 6.07 Å². The fraction of sp³-hybridized carbons (Fsp3) is 0.545. The standard InChI is InChI=1S/C22H26N4O3/c1-2-22(16-5-7-18(8-6-16)26(28)29)15-21(10-9-17(22)12-21)24-14-20(27)25-11-3-4-19(25)13-23/h5-9,19,24H,2-4,10-12,14-15H2,1H3. The number of nitriles is 1. The first kappa shape index (κ1) is 19.6. The van der Waals surface area contributed by atoms with Crippen LogP contribution in [0.2, 0.25) is 0 Å². The maximum absolute atomic E-state index is 12.7. The van der Waals surface area contributed by atoms with Gasteiger partial charge >= 0.3 is 0 Å². The predicted molar refractivity (Wildman–Crippen MR) is 108 cm³/mol. The van der Waals surface area contributed by atoms with Gasteiger partial charge in [-0.05, 0) is 44.1 Å². The molecule has 3 aliphatic rings. The topological polar surface area (TPSA) is 99.3 Å². The number of carbonyl (C=O) groups is 1. The van der Waals surface area contributed by atoms with E-state index < -0.39 is 0 Å². The van der Waals surface area contributed by atoms with E-state index in [0.29, 0.717) is 6.54 Å². The van der Waals surface area contributed by atoms with Gasteiger partial charge < -0.3 is 10.2 Å². The molecule has 0 spiro atoms. The SMILES string of the molecule is CCC1(c2ccc([N+](=O)[O-])cc2)CC2(NCC(=O)N3CCCC3C#N)CC=C1C2. The van der Waals surface area contributed by atoms with Crippen LogP contribution in [0, 0.1) is 21.4 Å². The number of fused-ring (bicyclic) bond motifs is 2. The zero-order valence-electron chi connectivity index (χ0n) is 16.7. The summed E-state index contributed by atoms with van der Waals surface area (Å²) < 4.78 is 0. The lowest BCUT2D eigenvalue weighted by Crippen LogP contribution is -2.50. The molecule has 1 aliphatic heterocycles. The normalized spacial score (nSPS) is 30.3. The molecule has 3 atom stereocenters. The van der Waals surface area contributed by atoms with Crippen molar-refractivity contribution in [3.63, 3.8) is 0 Å². The smallest absolute Gasteiger partial charge is 0.269 e.